The van der Waals surface area contributed by atoms with Crippen LogP contribution in [-0.4, -0.2) is 32.3 Å². The Morgan fingerprint density at radius 2 is 1.90 bits per heavy atom. The summed E-state index contributed by atoms with van der Waals surface area (Å²) in [6.07, 6.45) is 3.73. The van der Waals surface area contributed by atoms with Crippen molar-refractivity contribution < 1.29 is 4.74 Å². The molecule has 3 rings (SSSR count). The Balaban J connectivity index is 2.06. The zero-order valence-electron chi connectivity index (χ0n) is 16.9. The van der Waals surface area contributed by atoms with Gasteiger partial charge < -0.3 is 10.5 Å². The van der Waals surface area contributed by atoms with Crippen LogP contribution in [0, 0.1) is 18.3 Å². The number of nitriles is 1. The van der Waals surface area contributed by atoms with Crippen LogP contribution in [0.3, 0.4) is 0 Å². The first-order chi connectivity index (χ1) is 13.9. The number of aryl methyl sites for hydroxylation is 1. The molecule has 7 nitrogen and oxygen atoms in total. The van der Waals surface area contributed by atoms with E-state index >= 15 is 0 Å². The van der Waals surface area contributed by atoms with Gasteiger partial charge in [-0.1, -0.05) is 31.7 Å². The lowest BCUT2D eigenvalue weighted by molar-refractivity contribution is 0.453. The molecule has 2 aromatic heterocycles. The maximum absolute atomic E-state index is 9.38. The predicted molar refractivity (Wildman–Crippen MR) is 117 cm³/mol. The number of aromatic nitrogens is 4. The number of hydrogen-bond acceptors (Lipinski definition) is 8. The number of thioether (sulfide) groups is 2. The first-order valence-electron chi connectivity index (χ1n) is 8.91. The van der Waals surface area contributed by atoms with E-state index in [-0.39, 0.29) is 5.82 Å². The van der Waals surface area contributed by atoms with Gasteiger partial charge in [-0.15, -0.1) is 11.8 Å². The quantitative estimate of drug-likeness (QED) is 0.443. The molecule has 3 aromatic rings. The molecule has 0 aliphatic heterocycles. The SMILES string of the molecule is CSc1nc(Oc2cc(C)cc(C(C)C)c2)cc(-n2nc(SC)c(C#N)c2N)n1. The third-order valence-electron chi connectivity index (χ3n) is 4.22. The molecule has 0 saturated carbocycles. The van der Waals surface area contributed by atoms with Gasteiger partial charge in [-0.05, 0) is 48.6 Å². The van der Waals surface area contributed by atoms with Crippen molar-refractivity contribution in [2.45, 2.75) is 36.9 Å². The summed E-state index contributed by atoms with van der Waals surface area (Å²) >= 11 is 2.75. The largest absolute Gasteiger partial charge is 0.439 e. The summed E-state index contributed by atoms with van der Waals surface area (Å²) in [5.74, 6) is 2.18. The topological polar surface area (TPSA) is 103 Å². The highest BCUT2D eigenvalue weighted by Gasteiger charge is 2.18. The van der Waals surface area contributed by atoms with Crippen LogP contribution in [0.25, 0.3) is 5.82 Å². The van der Waals surface area contributed by atoms with Crippen molar-refractivity contribution >= 4 is 29.3 Å². The summed E-state index contributed by atoms with van der Waals surface area (Å²) in [6, 6.07) is 9.90. The van der Waals surface area contributed by atoms with Crippen LogP contribution in [0.5, 0.6) is 11.6 Å². The molecule has 0 spiro atoms. The van der Waals surface area contributed by atoms with E-state index in [2.05, 4.69) is 41.0 Å². The standard InChI is InChI=1S/C20H22N6OS2/c1-11(2)13-6-12(3)7-14(8-13)27-17-9-16(23-20(24-17)29-5)26-18(22)15(10-21)19(25-26)28-4/h6-9,11H,22H2,1-5H3. The van der Waals surface area contributed by atoms with Gasteiger partial charge in [-0.3, -0.25) is 0 Å². The summed E-state index contributed by atoms with van der Waals surface area (Å²) in [5.41, 5.74) is 8.79. The molecule has 0 atom stereocenters. The molecule has 0 aliphatic rings. The number of ether oxygens (including phenoxy) is 1. The lowest BCUT2D eigenvalue weighted by atomic mass is 10.0. The molecular weight excluding hydrogens is 404 g/mol. The molecule has 9 heteroatoms. The molecular formula is C20H22N6OS2. The van der Waals surface area contributed by atoms with Gasteiger partial charge in [0, 0.05) is 6.07 Å². The maximum atomic E-state index is 9.38. The zero-order valence-corrected chi connectivity index (χ0v) is 18.6. The molecule has 2 N–H and O–H groups in total. The van der Waals surface area contributed by atoms with Crippen molar-refractivity contribution in [1.82, 2.24) is 19.7 Å². The highest BCUT2D eigenvalue weighted by molar-refractivity contribution is 7.98. The summed E-state index contributed by atoms with van der Waals surface area (Å²) in [7, 11) is 0. The molecule has 1 aromatic carbocycles. The van der Waals surface area contributed by atoms with Crippen molar-refractivity contribution in [1.29, 1.82) is 5.26 Å². The van der Waals surface area contributed by atoms with E-state index in [9.17, 15) is 5.26 Å². The molecule has 0 amide bonds. The number of rotatable bonds is 6. The van der Waals surface area contributed by atoms with Gasteiger partial charge in [-0.25, -0.2) is 4.98 Å². The molecule has 0 radical (unpaired) electrons. The Bertz CT molecular complexity index is 1090. The Morgan fingerprint density at radius 3 is 2.48 bits per heavy atom. The van der Waals surface area contributed by atoms with Crippen molar-refractivity contribution in [3.05, 3.63) is 41.0 Å². The van der Waals surface area contributed by atoms with Crippen LogP contribution in [-0.2, 0) is 0 Å². The minimum absolute atomic E-state index is 0.242. The fraction of sp³-hybridized carbons (Fsp3) is 0.300. The van der Waals surface area contributed by atoms with E-state index in [1.807, 2.05) is 31.6 Å². The minimum Gasteiger partial charge on any atom is -0.439 e. The zero-order chi connectivity index (χ0) is 21.1. The second-order valence-electron chi connectivity index (χ2n) is 6.68. The molecule has 150 valence electrons. The second kappa shape index (κ2) is 8.76. The third-order valence-corrected chi connectivity index (χ3v) is 5.44. The fourth-order valence-corrected chi connectivity index (χ4v) is 3.65. The Morgan fingerprint density at radius 1 is 1.14 bits per heavy atom. The van der Waals surface area contributed by atoms with E-state index < -0.39 is 0 Å². The van der Waals surface area contributed by atoms with E-state index in [0.717, 1.165) is 5.56 Å². The average molecular weight is 427 g/mol. The van der Waals surface area contributed by atoms with Crippen molar-refractivity contribution in [2.24, 2.45) is 0 Å². The number of nitrogen functional groups attached to an aromatic ring is 1. The smallest absolute Gasteiger partial charge is 0.225 e. The van der Waals surface area contributed by atoms with Gasteiger partial charge in [0.2, 0.25) is 5.88 Å². The Kier molecular flexibility index (Phi) is 6.35. The monoisotopic (exact) mass is 426 g/mol. The van der Waals surface area contributed by atoms with Crippen LogP contribution in [0.15, 0.2) is 34.4 Å². The van der Waals surface area contributed by atoms with Gasteiger partial charge in [0.15, 0.2) is 11.0 Å². The molecule has 0 aliphatic carbocycles. The van der Waals surface area contributed by atoms with Crippen molar-refractivity contribution in [3.8, 4) is 23.5 Å². The first kappa shape index (κ1) is 21.0. The predicted octanol–water partition coefficient (Wildman–Crippen LogP) is 4.78. The first-order valence-corrected chi connectivity index (χ1v) is 11.4. The van der Waals surface area contributed by atoms with Crippen LogP contribution in [0.2, 0.25) is 0 Å². The summed E-state index contributed by atoms with van der Waals surface area (Å²) < 4.78 is 7.52. The molecule has 29 heavy (non-hydrogen) atoms. The number of benzene rings is 1. The summed E-state index contributed by atoms with van der Waals surface area (Å²) in [6.45, 7) is 6.32. The van der Waals surface area contributed by atoms with Gasteiger partial charge in [0.1, 0.15) is 28.2 Å². The highest BCUT2D eigenvalue weighted by Crippen LogP contribution is 2.30. The van der Waals surface area contributed by atoms with Crippen LogP contribution >= 0.6 is 23.5 Å². The Labute approximate surface area is 178 Å². The van der Waals surface area contributed by atoms with E-state index in [4.69, 9.17) is 10.5 Å². The van der Waals surface area contributed by atoms with Crippen LogP contribution < -0.4 is 10.5 Å². The van der Waals surface area contributed by atoms with Crippen LogP contribution in [0.4, 0.5) is 5.82 Å². The number of hydrogen-bond donors (Lipinski definition) is 1. The fourth-order valence-electron chi connectivity index (χ4n) is 2.77. The summed E-state index contributed by atoms with van der Waals surface area (Å²) in [5, 5.41) is 14.9. The minimum atomic E-state index is 0.242. The lowest BCUT2D eigenvalue weighted by Crippen LogP contribution is -2.07. The van der Waals surface area contributed by atoms with Crippen LogP contribution in [0.1, 0.15) is 36.5 Å². The summed E-state index contributed by atoms with van der Waals surface area (Å²) in [4.78, 5) is 8.94. The van der Waals surface area contributed by atoms with Crippen molar-refractivity contribution in [3.63, 3.8) is 0 Å². The van der Waals surface area contributed by atoms with Crippen molar-refractivity contribution in [2.75, 3.05) is 18.2 Å². The second-order valence-corrected chi connectivity index (χ2v) is 8.25. The van der Waals surface area contributed by atoms with E-state index in [0.29, 0.717) is 39.1 Å². The highest BCUT2D eigenvalue weighted by atomic mass is 32.2. The molecule has 0 saturated heterocycles. The van der Waals surface area contributed by atoms with Gasteiger partial charge in [0.05, 0.1) is 0 Å². The van der Waals surface area contributed by atoms with Gasteiger partial charge in [-0.2, -0.15) is 20.0 Å². The molecule has 0 fully saturated rings. The molecule has 2 heterocycles. The maximum Gasteiger partial charge on any atom is 0.225 e. The lowest BCUT2D eigenvalue weighted by Gasteiger charge is -2.12. The average Bonchev–Trinajstić information content (AvgIpc) is 3.02. The van der Waals surface area contributed by atoms with Gasteiger partial charge >= 0.3 is 0 Å². The number of nitrogens with two attached hydrogens (primary N) is 1. The van der Waals surface area contributed by atoms with Gasteiger partial charge in [0.25, 0.3) is 0 Å². The normalized spacial score (nSPS) is 10.9. The molecule has 0 bridgehead atoms. The number of anilines is 1. The number of nitrogens with zero attached hydrogens (tertiary/aromatic N) is 5. The molecule has 0 unspecified atom stereocenters. The van der Waals surface area contributed by atoms with E-state index in [1.165, 1.54) is 33.8 Å². The Hall–Kier alpha value is -2.70. The third kappa shape index (κ3) is 4.49. The van der Waals surface area contributed by atoms with E-state index in [1.54, 1.807) is 6.07 Å².